The number of benzene rings is 1. The minimum absolute atomic E-state index is 0.0617. The maximum Gasteiger partial charge on any atom is 0.128 e. The van der Waals surface area contributed by atoms with Crippen LogP contribution in [-0.4, -0.2) is 26.8 Å². The van der Waals surface area contributed by atoms with Crippen LogP contribution in [0.1, 0.15) is 22.8 Å². The third kappa shape index (κ3) is 2.49. The average molecular weight is 300 g/mol. The van der Waals surface area contributed by atoms with Crippen LogP contribution in [0.4, 0.5) is 0 Å². The van der Waals surface area contributed by atoms with Crippen molar-refractivity contribution in [3.05, 3.63) is 27.2 Å². The van der Waals surface area contributed by atoms with E-state index in [2.05, 4.69) is 41.2 Å². The van der Waals surface area contributed by atoms with Gasteiger partial charge in [0.05, 0.1) is 19.8 Å². The molecule has 1 aromatic rings. The van der Waals surface area contributed by atoms with Gasteiger partial charge >= 0.3 is 0 Å². The molecule has 1 saturated heterocycles. The zero-order chi connectivity index (χ0) is 12.4. The SMILES string of the molecule is COc1c(C)cc(C)c(Br)c1C1CNCCO1. The Morgan fingerprint density at radius 2 is 2.18 bits per heavy atom. The van der Waals surface area contributed by atoms with Gasteiger partial charge in [0.25, 0.3) is 0 Å². The van der Waals surface area contributed by atoms with Gasteiger partial charge in [0.15, 0.2) is 0 Å². The summed E-state index contributed by atoms with van der Waals surface area (Å²) >= 11 is 3.65. The van der Waals surface area contributed by atoms with E-state index in [9.17, 15) is 0 Å². The maximum absolute atomic E-state index is 5.82. The molecule has 1 atom stereocenters. The van der Waals surface area contributed by atoms with Crippen molar-refractivity contribution in [2.75, 3.05) is 26.8 Å². The highest BCUT2D eigenvalue weighted by Crippen LogP contribution is 2.39. The molecular weight excluding hydrogens is 282 g/mol. The molecule has 2 rings (SSSR count). The summed E-state index contributed by atoms with van der Waals surface area (Å²) in [7, 11) is 1.71. The fourth-order valence-corrected chi connectivity index (χ4v) is 2.84. The molecule has 0 bridgehead atoms. The molecule has 0 saturated carbocycles. The Morgan fingerprint density at radius 1 is 1.41 bits per heavy atom. The monoisotopic (exact) mass is 299 g/mol. The first-order valence-corrected chi connectivity index (χ1v) is 6.60. The summed E-state index contributed by atoms with van der Waals surface area (Å²) in [6.45, 7) is 6.65. The van der Waals surface area contributed by atoms with Gasteiger partial charge in [-0.1, -0.05) is 6.07 Å². The summed E-state index contributed by atoms with van der Waals surface area (Å²) in [6.07, 6.45) is 0.0617. The Hall–Kier alpha value is -0.580. The van der Waals surface area contributed by atoms with Crippen LogP contribution < -0.4 is 10.1 Å². The molecule has 1 aromatic carbocycles. The van der Waals surface area contributed by atoms with Crippen molar-refractivity contribution in [3.8, 4) is 5.75 Å². The van der Waals surface area contributed by atoms with Gasteiger partial charge in [-0.3, -0.25) is 0 Å². The quantitative estimate of drug-likeness (QED) is 0.911. The van der Waals surface area contributed by atoms with E-state index in [4.69, 9.17) is 9.47 Å². The van der Waals surface area contributed by atoms with Gasteiger partial charge in [-0.25, -0.2) is 0 Å². The Kier molecular flexibility index (Phi) is 4.07. The number of morpholine rings is 1. The first-order valence-electron chi connectivity index (χ1n) is 5.81. The van der Waals surface area contributed by atoms with E-state index in [0.717, 1.165) is 41.0 Å². The summed E-state index contributed by atoms with van der Waals surface area (Å²) in [5, 5.41) is 3.35. The van der Waals surface area contributed by atoms with Gasteiger partial charge in [0.1, 0.15) is 5.75 Å². The number of hydrogen-bond donors (Lipinski definition) is 1. The Balaban J connectivity index is 2.48. The fraction of sp³-hybridized carbons (Fsp3) is 0.538. The van der Waals surface area contributed by atoms with E-state index in [-0.39, 0.29) is 6.10 Å². The predicted molar refractivity (Wildman–Crippen MR) is 71.7 cm³/mol. The van der Waals surface area contributed by atoms with Crippen LogP contribution in [0.15, 0.2) is 10.5 Å². The first kappa shape index (κ1) is 12.9. The second-order valence-electron chi connectivity index (χ2n) is 4.33. The van der Waals surface area contributed by atoms with Crippen molar-refractivity contribution in [1.29, 1.82) is 0 Å². The summed E-state index contributed by atoms with van der Waals surface area (Å²) in [5.74, 6) is 0.927. The standard InChI is InChI=1S/C13H18BrNO2/c1-8-6-9(2)13(16-3)11(12(8)14)10-7-15-4-5-17-10/h6,10,15H,4-5,7H2,1-3H3. The van der Waals surface area contributed by atoms with Crippen LogP contribution in [0.5, 0.6) is 5.75 Å². The Labute approximate surface area is 111 Å². The van der Waals surface area contributed by atoms with Crippen LogP contribution in [0.2, 0.25) is 0 Å². The molecule has 1 heterocycles. The molecule has 0 amide bonds. The number of hydrogen-bond acceptors (Lipinski definition) is 3. The van der Waals surface area contributed by atoms with Crippen LogP contribution in [-0.2, 0) is 4.74 Å². The second kappa shape index (κ2) is 5.38. The van der Waals surface area contributed by atoms with E-state index < -0.39 is 0 Å². The predicted octanol–water partition coefficient (Wildman–Crippen LogP) is 2.74. The zero-order valence-corrected chi connectivity index (χ0v) is 12.1. The molecule has 0 aromatic heterocycles. The lowest BCUT2D eigenvalue weighted by molar-refractivity contribution is 0.0257. The lowest BCUT2D eigenvalue weighted by atomic mass is 10.0. The minimum atomic E-state index is 0.0617. The maximum atomic E-state index is 5.82. The van der Waals surface area contributed by atoms with Gasteiger partial charge in [-0.05, 0) is 40.9 Å². The van der Waals surface area contributed by atoms with E-state index >= 15 is 0 Å². The molecule has 1 aliphatic rings. The number of methoxy groups -OCH3 is 1. The largest absolute Gasteiger partial charge is 0.496 e. The Bertz CT molecular complexity index is 414. The van der Waals surface area contributed by atoms with Crippen molar-refractivity contribution >= 4 is 15.9 Å². The molecule has 17 heavy (non-hydrogen) atoms. The molecule has 1 N–H and O–H groups in total. The normalized spacial score (nSPS) is 20.4. The van der Waals surface area contributed by atoms with E-state index in [1.54, 1.807) is 7.11 Å². The summed E-state index contributed by atoms with van der Waals surface area (Å²) in [5.41, 5.74) is 3.49. The number of nitrogens with one attached hydrogen (secondary N) is 1. The Morgan fingerprint density at radius 3 is 2.76 bits per heavy atom. The van der Waals surface area contributed by atoms with Crippen LogP contribution in [0, 0.1) is 13.8 Å². The van der Waals surface area contributed by atoms with Crippen LogP contribution in [0.3, 0.4) is 0 Å². The minimum Gasteiger partial charge on any atom is -0.496 e. The molecule has 1 unspecified atom stereocenters. The van der Waals surface area contributed by atoms with Crippen molar-refractivity contribution < 1.29 is 9.47 Å². The third-order valence-corrected chi connectivity index (χ3v) is 4.12. The topological polar surface area (TPSA) is 30.5 Å². The number of aryl methyl sites for hydroxylation is 2. The number of ether oxygens (including phenoxy) is 2. The molecule has 0 spiro atoms. The smallest absolute Gasteiger partial charge is 0.128 e. The number of halogens is 1. The average Bonchev–Trinajstić information content (AvgIpc) is 2.34. The van der Waals surface area contributed by atoms with Gasteiger partial charge in [0.2, 0.25) is 0 Å². The van der Waals surface area contributed by atoms with Crippen molar-refractivity contribution in [2.45, 2.75) is 20.0 Å². The van der Waals surface area contributed by atoms with Gasteiger partial charge in [-0.15, -0.1) is 0 Å². The van der Waals surface area contributed by atoms with Crippen molar-refractivity contribution in [3.63, 3.8) is 0 Å². The molecular formula is C13H18BrNO2. The van der Waals surface area contributed by atoms with Gasteiger partial charge in [-0.2, -0.15) is 0 Å². The molecule has 0 radical (unpaired) electrons. The summed E-state index contributed by atoms with van der Waals surface area (Å²) < 4.78 is 12.4. The summed E-state index contributed by atoms with van der Waals surface area (Å²) in [6, 6.07) is 2.13. The third-order valence-electron chi connectivity index (χ3n) is 3.07. The second-order valence-corrected chi connectivity index (χ2v) is 5.13. The van der Waals surface area contributed by atoms with E-state index in [1.807, 2.05) is 0 Å². The highest BCUT2D eigenvalue weighted by atomic mass is 79.9. The van der Waals surface area contributed by atoms with Crippen molar-refractivity contribution in [2.24, 2.45) is 0 Å². The molecule has 4 heteroatoms. The first-order chi connectivity index (χ1) is 8.15. The molecule has 1 aliphatic heterocycles. The fourth-order valence-electron chi connectivity index (χ4n) is 2.29. The van der Waals surface area contributed by atoms with E-state index in [0.29, 0.717) is 0 Å². The van der Waals surface area contributed by atoms with Crippen molar-refractivity contribution in [1.82, 2.24) is 5.32 Å². The van der Waals surface area contributed by atoms with Crippen LogP contribution >= 0.6 is 15.9 Å². The highest BCUT2D eigenvalue weighted by Gasteiger charge is 2.24. The van der Waals surface area contributed by atoms with E-state index in [1.165, 1.54) is 5.56 Å². The zero-order valence-electron chi connectivity index (χ0n) is 10.5. The van der Waals surface area contributed by atoms with Gasteiger partial charge in [0, 0.05) is 23.1 Å². The highest BCUT2D eigenvalue weighted by molar-refractivity contribution is 9.10. The molecule has 0 aliphatic carbocycles. The molecule has 3 nitrogen and oxygen atoms in total. The molecule has 1 fully saturated rings. The lowest BCUT2D eigenvalue weighted by Crippen LogP contribution is -2.33. The lowest BCUT2D eigenvalue weighted by Gasteiger charge is -2.27. The van der Waals surface area contributed by atoms with Crippen LogP contribution in [0.25, 0.3) is 0 Å². The number of rotatable bonds is 2. The van der Waals surface area contributed by atoms with Gasteiger partial charge < -0.3 is 14.8 Å². The summed E-state index contributed by atoms with van der Waals surface area (Å²) in [4.78, 5) is 0. The molecule has 94 valence electrons.